The number of halogens is 1. The van der Waals surface area contributed by atoms with Crippen LogP contribution in [0.1, 0.15) is 42.5 Å². The normalized spacial score (nSPS) is 22.6. The number of benzene rings is 2. The van der Waals surface area contributed by atoms with Crippen LogP contribution in [0.15, 0.2) is 48.5 Å². The molecule has 0 spiro atoms. The largest absolute Gasteiger partial charge is 0.449 e. The van der Waals surface area contributed by atoms with Crippen LogP contribution < -0.4 is 0 Å². The fourth-order valence-electron chi connectivity index (χ4n) is 4.58. The highest BCUT2D eigenvalue weighted by molar-refractivity contribution is 5.83. The van der Waals surface area contributed by atoms with Crippen molar-refractivity contribution in [3.05, 3.63) is 71.0 Å². The van der Waals surface area contributed by atoms with Gasteiger partial charge < -0.3 is 24.4 Å². The van der Waals surface area contributed by atoms with Crippen molar-refractivity contribution in [3.63, 3.8) is 0 Å². The summed E-state index contributed by atoms with van der Waals surface area (Å²) in [5.74, 6) is -0.698. The summed E-state index contributed by atoms with van der Waals surface area (Å²) in [4.78, 5) is 29.1. The number of nitrogens with zero attached hydrogens (tertiary/aromatic N) is 2. The van der Waals surface area contributed by atoms with Crippen molar-refractivity contribution in [1.29, 1.82) is 0 Å². The van der Waals surface area contributed by atoms with E-state index in [1.54, 1.807) is 17.0 Å². The highest BCUT2D eigenvalue weighted by Gasteiger charge is 2.40. The van der Waals surface area contributed by atoms with E-state index in [1.165, 1.54) is 17.0 Å². The number of carbonyl (C=O) groups is 2. The number of aliphatic hydroxyl groups excluding tert-OH is 1. The SMILES string of the molecule is CCCCOC(=O)N1CCO[C@@H](C(=O)N2CCc3ccccc3[C@@H]2c2ccc(F)cc2)[C@@H](O)C1. The van der Waals surface area contributed by atoms with Gasteiger partial charge in [0, 0.05) is 13.1 Å². The lowest BCUT2D eigenvalue weighted by Crippen LogP contribution is -2.51. The summed E-state index contributed by atoms with van der Waals surface area (Å²) >= 11 is 0. The van der Waals surface area contributed by atoms with Gasteiger partial charge in [-0.3, -0.25) is 4.79 Å². The van der Waals surface area contributed by atoms with Crippen LogP contribution in [0.2, 0.25) is 0 Å². The summed E-state index contributed by atoms with van der Waals surface area (Å²) in [5, 5.41) is 10.9. The number of unbranched alkanes of at least 4 members (excludes halogenated alkanes) is 1. The first-order chi connectivity index (χ1) is 16.5. The van der Waals surface area contributed by atoms with E-state index in [0.29, 0.717) is 19.6 Å². The predicted octanol–water partition coefficient (Wildman–Crippen LogP) is 3.30. The first-order valence-corrected chi connectivity index (χ1v) is 11.8. The number of amides is 2. The van der Waals surface area contributed by atoms with Gasteiger partial charge in [0.15, 0.2) is 6.10 Å². The van der Waals surface area contributed by atoms with Crippen LogP contribution >= 0.6 is 0 Å². The zero-order valence-electron chi connectivity index (χ0n) is 19.4. The summed E-state index contributed by atoms with van der Waals surface area (Å²) in [6, 6.07) is 13.6. The van der Waals surface area contributed by atoms with Crippen LogP contribution in [0.5, 0.6) is 0 Å². The quantitative estimate of drug-likeness (QED) is 0.679. The molecule has 0 saturated carbocycles. The maximum atomic E-state index is 13.7. The van der Waals surface area contributed by atoms with E-state index < -0.39 is 24.3 Å². The van der Waals surface area contributed by atoms with Crippen molar-refractivity contribution in [1.82, 2.24) is 9.80 Å². The molecule has 2 heterocycles. The summed E-state index contributed by atoms with van der Waals surface area (Å²) in [5.41, 5.74) is 2.88. The summed E-state index contributed by atoms with van der Waals surface area (Å²) < 4.78 is 24.6. The number of fused-ring (bicyclic) bond motifs is 1. The number of aliphatic hydroxyl groups is 1. The van der Waals surface area contributed by atoms with E-state index in [-0.39, 0.29) is 31.4 Å². The fourth-order valence-corrected chi connectivity index (χ4v) is 4.58. The Morgan fingerprint density at radius 2 is 1.91 bits per heavy atom. The molecule has 1 saturated heterocycles. The van der Waals surface area contributed by atoms with Crippen LogP contribution in [-0.2, 0) is 20.7 Å². The highest BCUT2D eigenvalue weighted by Crippen LogP contribution is 2.36. The topological polar surface area (TPSA) is 79.3 Å². The monoisotopic (exact) mass is 470 g/mol. The molecular formula is C26H31FN2O5. The molecule has 34 heavy (non-hydrogen) atoms. The molecule has 0 bridgehead atoms. The van der Waals surface area contributed by atoms with Crippen LogP contribution in [0.4, 0.5) is 9.18 Å². The van der Waals surface area contributed by atoms with Gasteiger partial charge in [-0.2, -0.15) is 0 Å². The molecule has 2 aromatic rings. The molecule has 0 aliphatic carbocycles. The zero-order valence-corrected chi connectivity index (χ0v) is 19.4. The fraction of sp³-hybridized carbons (Fsp3) is 0.462. The molecule has 8 heteroatoms. The van der Waals surface area contributed by atoms with Gasteiger partial charge >= 0.3 is 6.09 Å². The van der Waals surface area contributed by atoms with Crippen molar-refractivity contribution in [2.75, 3.05) is 32.8 Å². The molecule has 1 fully saturated rings. The van der Waals surface area contributed by atoms with Crippen LogP contribution in [0.25, 0.3) is 0 Å². The van der Waals surface area contributed by atoms with E-state index in [9.17, 15) is 19.1 Å². The van der Waals surface area contributed by atoms with Gasteiger partial charge in [0.2, 0.25) is 0 Å². The summed E-state index contributed by atoms with van der Waals surface area (Å²) in [6.45, 7) is 3.06. The number of ether oxygens (including phenoxy) is 2. The first-order valence-electron chi connectivity index (χ1n) is 11.8. The number of rotatable bonds is 5. The summed E-state index contributed by atoms with van der Waals surface area (Å²) in [7, 11) is 0. The maximum absolute atomic E-state index is 13.7. The van der Waals surface area contributed by atoms with Crippen LogP contribution in [-0.4, -0.2) is 72.0 Å². The highest BCUT2D eigenvalue weighted by atomic mass is 19.1. The Labute approximate surface area is 199 Å². The van der Waals surface area contributed by atoms with E-state index in [4.69, 9.17) is 9.47 Å². The van der Waals surface area contributed by atoms with Gasteiger partial charge in [-0.05, 0) is 41.7 Å². The molecule has 2 amide bonds. The maximum Gasteiger partial charge on any atom is 0.409 e. The van der Waals surface area contributed by atoms with Crippen molar-refractivity contribution in [3.8, 4) is 0 Å². The molecule has 4 rings (SSSR count). The molecule has 2 aliphatic heterocycles. The molecule has 3 atom stereocenters. The van der Waals surface area contributed by atoms with Gasteiger partial charge in [-0.25, -0.2) is 9.18 Å². The second kappa shape index (κ2) is 11.0. The smallest absolute Gasteiger partial charge is 0.409 e. The Morgan fingerprint density at radius 3 is 2.68 bits per heavy atom. The predicted molar refractivity (Wildman–Crippen MR) is 124 cm³/mol. The third-order valence-electron chi connectivity index (χ3n) is 6.39. The molecule has 7 nitrogen and oxygen atoms in total. The number of hydrogen-bond donors (Lipinski definition) is 1. The Hall–Kier alpha value is -2.97. The van der Waals surface area contributed by atoms with Crippen LogP contribution in [0, 0.1) is 5.82 Å². The standard InChI is InChI=1S/C26H31FN2O5/c1-2-3-15-34-26(32)28-14-16-33-24(22(30)17-28)25(31)29-13-12-18-6-4-5-7-21(18)23(29)19-8-10-20(27)11-9-19/h4-11,22-24,30H,2-3,12-17H2,1H3/t22-,23-,24+/m0/s1. The number of carbonyl (C=O) groups excluding carboxylic acids is 2. The van der Waals surface area contributed by atoms with E-state index >= 15 is 0 Å². The number of hydrogen-bond acceptors (Lipinski definition) is 5. The lowest BCUT2D eigenvalue weighted by molar-refractivity contribution is -0.152. The Morgan fingerprint density at radius 1 is 1.15 bits per heavy atom. The van der Waals surface area contributed by atoms with Gasteiger partial charge in [0.25, 0.3) is 5.91 Å². The third kappa shape index (κ3) is 5.23. The average molecular weight is 471 g/mol. The molecule has 0 unspecified atom stereocenters. The minimum absolute atomic E-state index is 0.0486. The minimum atomic E-state index is -1.19. The van der Waals surface area contributed by atoms with Gasteiger partial charge in [0.05, 0.1) is 25.8 Å². The molecule has 2 aromatic carbocycles. The molecule has 1 N–H and O–H groups in total. The van der Waals surface area contributed by atoms with Gasteiger partial charge in [-0.15, -0.1) is 0 Å². The van der Waals surface area contributed by atoms with Crippen molar-refractivity contribution >= 4 is 12.0 Å². The Bertz CT molecular complexity index is 999. The lowest BCUT2D eigenvalue weighted by Gasteiger charge is -2.40. The summed E-state index contributed by atoms with van der Waals surface area (Å²) in [6.07, 6.45) is -0.482. The van der Waals surface area contributed by atoms with Gasteiger partial charge in [-0.1, -0.05) is 49.7 Å². The zero-order chi connectivity index (χ0) is 24.1. The van der Waals surface area contributed by atoms with E-state index in [1.807, 2.05) is 31.2 Å². The van der Waals surface area contributed by atoms with E-state index in [0.717, 1.165) is 29.5 Å². The second-order valence-corrected chi connectivity index (χ2v) is 8.71. The molecule has 0 aromatic heterocycles. The first kappa shape index (κ1) is 24.2. The third-order valence-corrected chi connectivity index (χ3v) is 6.39. The molecule has 2 aliphatic rings. The Kier molecular flexibility index (Phi) is 7.80. The van der Waals surface area contributed by atoms with Crippen molar-refractivity contribution in [2.45, 2.75) is 44.4 Å². The average Bonchev–Trinajstić information content (AvgIpc) is 3.05. The molecule has 182 valence electrons. The second-order valence-electron chi connectivity index (χ2n) is 8.71. The Balaban J connectivity index is 1.55. The number of β-amino-alcohol motifs (C(OH)–C–C–N with tert-alkyl or cyclic N) is 1. The molecular weight excluding hydrogens is 439 g/mol. The van der Waals surface area contributed by atoms with Crippen molar-refractivity contribution < 1.29 is 28.6 Å². The van der Waals surface area contributed by atoms with Gasteiger partial charge in [0.1, 0.15) is 11.9 Å². The molecule has 0 radical (unpaired) electrons. The van der Waals surface area contributed by atoms with Crippen LogP contribution in [0.3, 0.4) is 0 Å². The van der Waals surface area contributed by atoms with Crippen molar-refractivity contribution in [2.24, 2.45) is 0 Å². The van der Waals surface area contributed by atoms with E-state index in [2.05, 4.69) is 0 Å². The minimum Gasteiger partial charge on any atom is -0.449 e. The lowest BCUT2D eigenvalue weighted by atomic mass is 9.87.